The highest BCUT2D eigenvalue weighted by molar-refractivity contribution is 7.86. The van der Waals surface area contributed by atoms with Gasteiger partial charge in [0.05, 0.1) is 0 Å². The molecule has 0 amide bonds. The number of methoxy groups -OCH3 is 1. The molecule has 0 N–H and O–H groups in total. The van der Waals surface area contributed by atoms with Crippen molar-refractivity contribution in [1.82, 2.24) is 8.61 Å². The van der Waals surface area contributed by atoms with E-state index < -0.39 is 10.2 Å². The first-order chi connectivity index (χ1) is 8.52. The molecule has 0 saturated carbocycles. The molecule has 1 fully saturated rings. The second-order valence-electron chi connectivity index (χ2n) is 4.70. The van der Waals surface area contributed by atoms with Crippen LogP contribution in [0.4, 0.5) is 0 Å². The zero-order valence-corrected chi connectivity index (χ0v) is 12.7. The van der Waals surface area contributed by atoms with E-state index in [4.69, 9.17) is 16.3 Å². The lowest BCUT2D eigenvalue weighted by atomic mass is 10.0. The van der Waals surface area contributed by atoms with Gasteiger partial charge in [-0.15, -0.1) is 11.6 Å². The van der Waals surface area contributed by atoms with E-state index in [1.54, 1.807) is 18.5 Å². The Balaban J connectivity index is 2.55. The third-order valence-electron chi connectivity index (χ3n) is 3.24. The summed E-state index contributed by atoms with van der Waals surface area (Å²) in [5.41, 5.74) is 0. The summed E-state index contributed by atoms with van der Waals surface area (Å²) < 4.78 is 32.5. The monoisotopic (exact) mass is 298 g/mol. The van der Waals surface area contributed by atoms with Crippen LogP contribution in [-0.4, -0.2) is 63.3 Å². The molecular weight excluding hydrogens is 276 g/mol. The molecule has 18 heavy (non-hydrogen) atoms. The van der Waals surface area contributed by atoms with Crippen molar-refractivity contribution in [3.8, 4) is 0 Å². The first-order valence-corrected chi connectivity index (χ1v) is 8.21. The fraction of sp³-hybridized carbons (Fsp3) is 1.00. The minimum atomic E-state index is -3.33. The molecule has 1 aliphatic rings. The SMILES string of the molecule is COCCCN(C)S(=O)(=O)N1CCCC(CCl)C1. The van der Waals surface area contributed by atoms with Crippen molar-refractivity contribution >= 4 is 21.8 Å². The summed E-state index contributed by atoms with van der Waals surface area (Å²) in [5.74, 6) is 0.807. The van der Waals surface area contributed by atoms with Gasteiger partial charge in [-0.1, -0.05) is 0 Å². The van der Waals surface area contributed by atoms with Crippen LogP contribution in [0.3, 0.4) is 0 Å². The zero-order valence-electron chi connectivity index (χ0n) is 11.1. The van der Waals surface area contributed by atoms with Crippen molar-refractivity contribution in [3.05, 3.63) is 0 Å². The number of alkyl halides is 1. The van der Waals surface area contributed by atoms with E-state index in [0.29, 0.717) is 38.5 Å². The fourth-order valence-electron chi connectivity index (χ4n) is 2.11. The molecule has 0 aromatic heterocycles. The third-order valence-corrected chi connectivity index (χ3v) is 5.63. The van der Waals surface area contributed by atoms with Crippen LogP contribution >= 0.6 is 11.6 Å². The van der Waals surface area contributed by atoms with Crippen LogP contribution in [0, 0.1) is 5.92 Å². The third kappa shape index (κ3) is 4.35. The van der Waals surface area contributed by atoms with Gasteiger partial charge < -0.3 is 4.74 Å². The standard InChI is InChI=1S/C11H23ClN2O3S/c1-13(6-4-8-17-2)18(15,16)14-7-3-5-11(9-12)10-14/h11H,3-10H2,1-2H3. The van der Waals surface area contributed by atoms with Crippen LogP contribution in [0.2, 0.25) is 0 Å². The number of hydrogen-bond donors (Lipinski definition) is 0. The van der Waals surface area contributed by atoms with Crippen LogP contribution < -0.4 is 0 Å². The second kappa shape index (κ2) is 7.65. The van der Waals surface area contributed by atoms with Crippen LogP contribution in [0.1, 0.15) is 19.3 Å². The molecule has 1 unspecified atom stereocenters. The highest BCUT2D eigenvalue weighted by Crippen LogP contribution is 2.21. The molecule has 1 atom stereocenters. The van der Waals surface area contributed by atoms with E-state index in [9.17, 15) is 8.42 Å². The van der Waals surface area contributed by atoms with E-state index >= 15 is 0 Å². The van der Waals surface area contributed by atoms with Crippen LogP contribution in [0.25, 0.3) is 0 Å². The van der Waals surface area contributed by atoms with Gasteiger partial charge >= 0.3 is 0 Å². The number of halogens is 1. The summed E-state index contributed by atoms with van der Waals surface area (Å²) in [6, 6.07) is 0. The highest BCUT2D eigenvalue weighted by atomic mass is 35.5. The number of ether oxygens (including phenoxy) is 1. The Bertz CT molecular complexity index is 337. The van der Waals surface area contributed by atoms with Crippen molar-refractivity contribution in [3.63, 3.8) is 0 Å². The van der Waals surface area contributed by atoms with Gasteiger partial charge in [-0.05, 0) is 25.2 Å². The van der Waals surface area contributed by atoms with Gasteiger partial charge in [-0.3, -0.25) is 0 Å². The smallest absolute Gasteiger partial charge is 0.281 e. The Hall–Kier alpha value is 0.120. The summed E-state index contributed by atoms with van der Waals surface area (Å²) in [6.45, 7) is 2.20. The van der Waals surface area contributed by atoms with Gasteiger partial charge in [-0.2, -0.15) is 17.0 Å². The fourth-order valence-corrected chi connectivity index (χ4v) is 3.87. The molecule has 0 spiro atoms. The average molecular weight is 299 g/mol. The first kappa shape index (κ1) is 16.2. The molecule has 7 heteroatoms. The van der Waals surface area contributed by atoms with E-state index in [1.165, 1.54) is 4.31 Å². The summed E-state index contributed by atoms with van der Waals surface area (Å²) in [5, 5.41) is 0. The predicted octanol–water partition coefficient (Wildman–Crippen LogP) is 1.15. The first-order valence-electron chi connectivity index (χ1n) is 6.28. The molecule has 0 aromatic carbocycles. The van der Waals surface area contributed by atoms with Crippen molar-refractivity contribution < 1.29 is 13.2 Å². The molecule has 0 bridgehead atoms. The van der Waals surface area contributed by atoms with E-state index in [2.05, 4.69) is 0 Å². The maximum absolute atomic E-state index is 12.3. The summed E-state index contributed by atoms with van der Waals surface area (Å²) in [7, 11) is -0.0974. The van der Waals surface area contributed by atoms with E-state index in [0.717, 1.165) is 12.8 Å². The van der Waals surface area contributed by atoms with E-state index in [1.807, 2.05) is 0 Å². The molecule has 5 nitrogen and oxygen atoms in total. The average Bonchev–Trinajstić information content (AvgIpc) is 2.39. The van der Waals surface area contributed by atoms with Gasteiger partial charge in [-0.25, -0.2) is 0 Å². The van der Waals surface area contributed by atoms with Crippen LogP contribution in [0.15, 0.2) is 0 Å². The predicted molar refractivity (Wildman–Crippen MR) is 73.1 cm³/mol. The minimum absolute atomic E-state index is 0.280. The molecule has 1 rings (SSSR count). The molecule has 1 aliphatic heterocycles. The molecule has 0 aliphatic carbocycles. The zero-order chi connectivity index (χ0) is 13.6. The van der Waals surface area contributed by atoms with Crippen molar-refractivity contribution in [2.24, 2.45) is 5.92 Å². The van der Waals surface area contributed by atoms with Gasteiger partial charge in [0.2, 0.25) is 0 Å². The molecule has 1 saturated heterocycles. The maximum atomic E-state index is 12.3. The Labute approximate surface area is 115 Å². The topological polar surface area (TPSA) is 49.9 Å². The minimum Gasteiger partial charge on any atom is -0.385 e. The van der Waals surface area contributed by atoms with Crippen LogP contribution in [0.5, 0.6) is 0 Å². The Morgan fingerprint density at radius 1 is 1.50 bits per heavy atom. The number of nitrogens with zero attached hydrogens (tertiary/aromatic N) is 2. The molecular formula is C11H23ClN2O3S. The van der Waals surface area contributed by atoms with E-state index in [-0.39, 0.29) is 5.92 Å². The Morgan fingerprint density at radius 2 is 2.22 bits per heavy atom. The summed E-state index contributed by atoms with van der Waals surface area (Å²) >= 11 is 5.83. The van der Waals surface area contributed by atoms with Gasteiger partial charge in [0.25, 0.3) is 10.2 Å². The number of piperidine rings is 1. The Morgan fingerprint density at radius 3 is 2.83 bits per heavy atom. The summed E-state index contributed by atoms with van der Waals surface area (Å²) in [6.07, 6.45) is 2.62. The van der Waals surface area contributed by atoms with Crippen molar-refractivity contribution in [1.29, 1.82) is 0 Å². The normalized spacial score (nSPS) is 22.6. The van der Waals surface area contributed by atoms with Gasteiger partial charge in [0, 0.05) is 46.3 Å². The lowest BCUT2D eigenvalue weighted by molar-refractivity contribution is 0.187. The lowest BCUT2D eigenvalue weighted by Gasteiger charge is -2.33. The molecule has 0 aromatic rings. The molecule has 0 radical (unpaired) electrons. The highest BCUT2D eigenvalue weighted by Gasteiger charge is 2.31. The largest absolute Gasteiger partial charge is 0.385 e. The Kier molecular flexibility index (Phi) is 6.87. The summed E-state index contributed by atoms with van der Waals surface area (Å²) in [4.78, 5) is 0. The van der Waals surface area contributed by atoms with Crippen LogP contribution in [-0.2, 0) is 14.9 Å². The quantitative estimate of drug-likeness (QED) is 0.523. The van der Waals surface area contributed by atoms with Crippen molar-refractivity contribution in [2.75, 3.05) is 46.3 Å². The molecule has 1 heterocycles. The molecule has 108 valence electrons. The van der Waals surface area contributed by atoms with Crippen molar-refractivity contribution in [2.45, 2.75) is 19.3 Å². The second-order valence-corrected chi connectivity index (χ2v) is 7.04. The van der Waals surface area contributed by atoms with Gasteiger partial charge in [0.1, 0.15) is 0 Å². The lowest BCUT2D eigenvalue weighted by Crippen LogP contribution is -2.47. The number of hydrogen-bond acceptors (Lipinski definition) is 3. The van der Waals surface area contributed by atoms with Gasteiger partial charge in [0.15, 0.2) is 0 Å². The maximum Gasteiger partial charge on any atom is 0.281 e. The number of rotatable bonds is 7.